The van der Waals surface area contributed by atoms with Crippen molar-refractivity contribution in [3.63, 3.8) is 0 Å². The van der Waals surface area contributed by atoms with Gasteiger partial charge in [-0.15, -0.1) is 0 Å². The fraction of sp³-hybridized carbons (Fsp3) is 0.304. The molecule has 0 aliphatic heterocycles. The predicted octanol–water partition coefficient (Wildman–Crippen LogP) is 3.75. The van der Waals surface area contributed by atoms with Crippen LogP contribution in [0.15, 0.2) is 36.8 Å². The van der Waals surface area contributed by atoms with Crippen LogP contribution in [0.25, 0.3) is 21.9 Å². The van der Waals surface area contributed by atoms with E-state index in [1.807, 2.05) is 6.92 Å². The van der Waals surface area contributed by atoms with E-state index in [-0.39, 0.29) is 24.1 Å². The fourth-order valence-electron chi connectivity index (χ4n) is 3.97. The Morgan fingerprint density at radius 3 is 2.72 bits per heavy atom. The number of aliphatic hydroxyl groups excluding tert-OH is 1. The summed E-state index contributed by atoms with van der Waals surface area (Å²) in [5, 5.41) is 13.1. The molecular formula is C23H21ClFN3O4. The molecule has 166 valence electrons. The highest BCUT2D eigenvalue weighted by Gasteiger charge is 2.59. The van der Waals surface area contributed by atoms with Gasteiger partial charge in [0, 0.05) is 47.6 Å². The van der Waals surface area contributed by atoms with E-state index >= 15 is 0 Å². The summed E-state index contributed by atoms with van der Waals surface area (Å²) in [4.78, 5) is 32.9. The standard InChI is InChI=1S/C23H21ClFN3O4/c1-3-32-23(31)19-16(10-29)18(19)22(30)28-17-7-12-6-13(14-8-26-5-4-11(14)2)21(25)20(24)15(12)9-27-17/h4-9,16,18-19,29H,3,10H2,1-2H3,(H,27,28,30). The molecule has 2 heterocycles. The number of hydrogen-bond donors (Lipinski definition) is 2. The minimum atomic E-state index is -0.693. The summed E-state index contributed by atoms with van der Waals surface area (Å²) in [6.07, 6.45) is 4.57. The van der Waals surface area contributed by atoms with Crippen molar-refractivity contribution < 1.29 is 23.8 Å². The summed E-state index contributed by atoms with van der Waals surface area (Å²) in [6.45, 7) is 3.43. The lowest BCUT2D eigenvalue weighted by molar-refractivity contribution is -0.146. The third-order valence-electron chi connectivity index (χ3n) is 5.72. The molecule has 0 bridgehead atoms. The van der Waals surface area contributed by atoms with Gasteiger partial charge in [0.15, 0.2) is 0 Å². The molecule has 1 fully saturated rings. The summed E-state index contributed by atoms with van der Waals surface area (Å²) in [6, 6.07) is 4.99. The monoisotopic (exact) mass is 457 g/mol. The highest BCUT2D eigenvalue weighted by atomic mass is 35.5. The number of aliphatic hydroxyl groups is 1. The van der Waals surface area contributed by atoms with Crippen LogP contribution in [0.5, 0.6) is 0 Å². The molecule has 32 heavy (non-hydrogen) atoms. The quantitative estimate of drug-likeness (QED) is 0.546. The van der Waals surface area contributed by atoms with Crippen LogP contribution in [0.2, 0.25) is 5.02 Å². The van der Waals surface area contributed by atoms with Gasteiger partial charge in [0.05, 0.1) is 23.5 Å². The third-order valence-corrected chi connectivity index (χ3v) is 6.09. The Balaban J connectivity index is 1.64. The number of carbonyl (C=O) groups is 2. The zero-order valence-corrected chi connectivity index (χ0v) is 18.2. The maximum atomic E-state index is 15.0. The summed E-state index contributed by atoms with van der Waals surface area (Å²) >= 11 is 6.27. The molecule has 1 aromatic carbocycles. The second-order valence-corrected chi connectivity index (χ2v) is 8.05. The molecule has 0 saturated heterocycles. The van der Waals surface area contributed by atoms with Crippen molar-refractivity contribution in [1.82, 2.24) is 9.97 Å². The van der Waals surface area contributed by atoms with E-state index in [9.17, 15) is 19.1 Å². The summed E-state index contributed by atoms with van der Waals surface area (Å²) in [7, 11) is 0. The predicted molar refractivity (Wildman–Crippen MR) is 117 cm³/mol. The first-order valence-corrected chi connectivity index (χ1v) is 10.5. The number of aromatic nitrogens is 2. The minimum absolute atomic E-state index is 0.0731. The molecular weight excluding hydrogens is 437 g/mol. The Hall–Kier alpha value is -3.10. The van der Waals surface area contributed by atoms with Gasteiger partial charge in [0.1, 0.15) is 11.6 Å². The van der Waals surface area contributed by atoms with Crippen LogP contribution >= 0.6 is 11.6 Å². The molecule has 9 heteroatoms. The summed E-state index contributed by atoms with van der Waals surface area (Å²) in [5.41, 5.74) is 1.74. The van der Waals surface area contributed by atoms with Crippen LogP contribution in [0, 0.1) is 30.5 Å². The molecule has 0 radical (unpaired) electrons. The topological polar surface area (TPSA) is 101 Å². The second kappa shape index (κ2) is 8.80. The molecule has 1 amide bonds. The number of benzene rings is 1. The third kappa shape index (κ3) is 3.91. The number of nitrogens with one attached hydrogen (secondary N) is 1. The molecule has 7 nitrogen and oxygen atoms in total. The first-order chi connectivity index (χ1) is 15.4. The molecule has 3 unspecified atom stereocenters. The molecule has 1 saturated carbocycles. The Morgan fingerprint density at radius 2 is 2.03 bits per heavy atom. The van der Waals surface area contributed by atoms with Gasteiger partial charge in [0.2, 0.25) is 5.91 Å². The van der Waals surface area contributed by atoms with Crippen molar-refractivity contribution >= 4 is 40.1 Å². The minimum Gasteiger partial charge on any atom is -0.466 e. The van der Waals surface area contributed by atoms with Crippen molar-refractivity contribution in [3.8, 4) is 11.1 Å². The summed E-state index contributed by atoms with van der Waals surface area (Å²) in [5.74, 6) is -3.15. The van der Waals surface area contributed by atoms with E-state index in [1.165, 1.54) is 6.20 Å². The van der Waals surface area contributed by atoms with Crippen LogP contribution in [0.3, 0.4) is 0 Å². The number of anilines is 1. The van der Waals surface area contributed by atoms with Gasteiger partial charge in [-0.25, -0.2) is 9.37 Å². The van der Waals surface area contributed by atoms with Gasteiger partial charge in [-0.2, -0.15) is 0 Å². The van der Waals surface area contributed by atoms with Crippen LogP contribution in [0.1, 0.15) is 12.5 Å². The van der Waals surface area contributed by atoms with Crippen molar-refractivity contribution in [2.24, 2.45) is 17.8 Å². The molecule has 4 rings (SSSR count). The Labute approximate surface area is 188 Å². The smallest absolute Gasteiger partial charge is 0.310 e. The van der Waals surface area contributed by atoms with E-state index in [1.54, 1.807) is 37.5 Å². The number of carbonyl (C=O) groups excluding carboxylic acids is 2. The SMILES string of the molecule is CCOC(=O)C1C(CO)C1C(=O)Nc1cc2cc(-c3cnccc3C)c(F)c(Cl)c2cn1. The normalized spacial score (nSPS) is 19.6. The zero-order valence-electron chi connectivity index (χ0n) is 17.4. The molecule has 0 spiro atoms. The molecule has 2 aromatic heterocycles. The van der Waals surface area contributed by atoms with E-state index in [0.29, 0.717) is 21.9 Å². The van der Waals surface area contributed by atoms with Gasteiger partial charge in [-0.05, 0) is 43.0 Å². The van der Waals surface area contributed by atoms with Gasteiger partial charge in [-0.3, -0.25) is 14.6 Å². The molecule has 2 N–H and O–H groups in total. The van der Waals surface area contributed by atoms with Crippen LogP contribution < -0.4 is 5.32 Å². The average Bonchev–Trinajstić information content (AvgIpc) is 3.52. The second-order valence-electron chi connectivity index (χ2n) is 7.67. The van der Waals surface area contributed by atoms with Crippen LogP contribution in [-0.2, 0) is 14.3 Å². The first-order valence-electron chi connectivity index (χ1n) is 10.1. The molecule has 3 aromatic rings. The van der Waals surface area contributed by atoms with E-state index in [4.69, 9.17) is 16.3 Å². The zero-order chi connectivity index (χ0) is 23.0. The Bertz CT molecular complexity index is 1220. The maximum Gasteiger partial charge on any atom is 0.310 e. The van der Waals surface area contributed by atoms with E-state index in [0.717, 1.165) is 5.56 Å². The number of hydrogen-bond acceptors (Lipinski definition) is 6. The van der Waals surface area contributed by atoms with Crippen molar-refractivity contribution in [2.45, 2.75) is 13.8 Å². The number of pyridine rings is 2. The Kier molecular flexibility index (Phi) is 6.08. The molecule has 3 atom stereocenters. The number of ether oxygens (including phenoxy) is 1. The first kappa shape index (κ1) is 22.1. The van der Waals surface area contributed by atoms with Gasteiger partial charge < -0.3 is 15.2 Å². The summed E-state index contributed by atoms with van der Waals surface area (Å²) < 4.78 is 19.9. The number of halogens is 2. The molecule has 1 aliphatic rings. The fourth-order valence-corrected chi connectivity index (χ4v) is 4.23. The number of aryl methyl sites for hydroxylation is 1. The number of esters is 1. The van der Waals surface area contributed by atoms with E-state index < -0.39 is 35.4 Å². The lowest BCUT2D eigenvalue weighted by Crippen LogP contribution is -2.18. The van der Waals surface area contributed by atoms with Crippen molar-refractivity contribution in [2.75, 3.05) is 18.5 Å². The van der Waals surface area contributed by atoms with Crippen molar-refractivity contribution in [3.05, 3.63) is 53.2 Å². The van der Waals surface area contributed by atoms with Crippen LogP contribution in [-0.4, -0.2) is 40.2 Å². The van der Waals surface area contributed by atoms with Gasteiger partial charge in [-0.1, -0.05) is 11.6 Å². The van der Waals surface area contributed by atoms with Gasteiger partial charge in [0.25, 0.3) is 0 Å². The highest BCUT2D eigenvalue weighted by molar-refractivity contribution is 6.36. The molecule has 1 aliphatic carbocycles. The average molecular weight is 458 g/mol. The lowest BCUT2D eigenvalue weighted by atomic mass is 9.99. The number of rotatable bonds is 6. The highest BCUT2D eigenvalue weighted by Crippen LogP contribution is 2.47. The lowest BCUT2D eigenvalue weighted by Gasteiger charge is -2.12. The number of fused-ring (bicyclic) bond motifs is 1. The van der Waals surface area contributed by atoms with Crippen molar-refractivity contribution in [1.29, 1.82) is 0 Å². The number of nitrogens with zero attached hydrogens (tertiary/aromatic N) is 2. The largest absolute Gasteiger partial charge is 0.466 e. The van der Waals surface area contributed by atoms with Gasteiger partial charge >= 0.3 is 5.97 Å². The Morgan fingerprint density at radius 1 is 1.25 bits per heavy atom. The number of amides is 1. The van der Waals surface area contributed by atoms with E-state index in [2.05, 4.69) is 15.3 Å². The maximum absolute atomic E-state index is 15.0. The van der Waals surface area contributed by atoms with Crippen LogP contribution in [0.4, 0.5) is 10.2 Å².